The molecule has 0 aromatic carbocycles. The van der Waals surface area contributed by atoms with E-state index < -0.39 is 48.0 Å². The Kier molecular flexibility index (Phi) is 70.9. The van der Waals surface area contributed by atoms with Gasteiger partial charge < -0.3 is 77.3 Å². The normalized spacial score (nSPS) is 16.6. The van der Waals surface area contributed by atoms with Crippen molar-refractivity contribution in [3.63, 3.8) is 0 Å². The number of carbonyl (C=O) groups excluding carboxylic acids is 6. The fraction of sp³-hybridized carbons (Fsp3) is 0.780. The smallest absolute Gasteiger partial charge is 0.330 e. The molecule has 600 valence electrons. The minimum absolute atomic E-state index is 0.0250. The van der Waals surface area contributed by atoms with Crippen LogP contribution >= 0.6 is 0 Å². The quantitative estimate of drug-likeness (QED) is 0.0190. The highest BCUT2D eigenvalue weighted by Crippen LogP contribution is 2.19. The van der Waals surface area contributed by atoms with Crippen molar-refractivity contribution in [3.05, 3.63) is 72.9 Å². The van der Waals surface area contributed by atoms with Gasteiger partial charge in [-0.1, -0.05) is 152 Å². The van der Waals surface area contributed by atoms with Crippen LogP contribution in [0.2, 0.25) is 0 Å². The van der Waals surface area contributed by atoms with Gasteiger partial charge in [0.1, 0.15) is 26.4 Å². The molecule has 3 aliphatic heterocycles. The van der Waals surface area contributed by atoms with Gasteiger partial charge in [0.2, 0.25) is 0 Å². The fourth-order valence-corrected chi connectivity index (χ4v) is 11.2. The van der Waals surface area contributed by atoms with Crippen molar-refractivity contribution in [1.82, 2.24) is 0 Å². The van der Waals surface area contributed by atoms with Crippen LogP contribution in [0.25, 0.3) is 0 Å². The first-order valence-electron chi connectivity index (χ1n) is 40.2. The van der Waals surface area contributed by atoms with Gasteiger partial charge in [-0.3, -0.25) is 0 Å². The third-order valence-corrected chi connectivity index (χ3v) is 17.2. The number of hydrogen-bond donors (Lipinski definition) is 4. The number of aliphatic hydroxyl groups excluding tert-OH is 4. The molecule has 3 aliphatic rings. The van der Waals surface area contributed by atoms with Crippen LogP contribution in [0.1, 0.15) is 289 Å². The standard InChI is InChI=1S/C48H80O12.C33H56O9.CH4O/c49-43(28-16-10-4-1-7-13-22-34-52-46-31-19-25-37-55-46)58-40-42(60-45(51)30-18-12-6-3-9-15-24-36-54-48-33-21-27-39-57-48)41-59-44(50)29-17-11-5-2-8-14-23-35-53-47-32-20-26-38-56-47;34-25-19-13-7-1-4-10-16-22-31(37)40-28-30(42-33(39)24-18-12-6-3-9-15-21-27-36)29-41-32(38)23-17-11-5-2-8-14-20-26-35;1-2/h16-18,28-30,42,46-48H,1-15,19-27,31-41H2;16-18,22-24,30,34-36H,1-15,19-21,25-29H2;2H,1H3/b28-16+,29-17+,30-18+;22-16+,23-17+,24-18+;. The maximum absolute atomic E-state index is 12.7. The molecule has 3 unspecified atom stereocenters. The average Bonchev–Trinajstić information content (AvgIpc) is 1.55. The van der Waals surface area contributed by atoms with Gasteiger partial charge in [0.05, 0.1) is 0 Å². The van der Waals surface area contributed by atoms with Crippen LogP contribution in [0.4, 0.5) is 0 Å². The van der Waals surface area contributed by atoms with Crippen LogP contribution in [0.15, 0.2) is 72.9 Å². The van der Waals surface area contributed by atoms with Gasteiger partial charge in [0, 0.05) is 103 Å². The van der Waals surface area contributed by atoms with E-state index in [0.29, 0.717) is 0 Å². The van der Waals surface area contributed by atoms with Gasteiger partial charge in [0.15, 0.2) is 31.1 Å². The van der Waals surface area contributed by atoms with Crippen molar-refractivity contribution < 1.29 is 106 Å². The predicted molar refractivity (Wildman–Crippen MR) is 403 cm³/mol. The zero-order chi connectivity index (χ0) is 75.3. The van der Waals surface area contributed by atoms with E-state index in [4.69, 9.17) is 77.3 Å². The molecule has 3 fully saturated rings. The van der Waals surface area contributed by atoms with Crippen LogP contribution in [0, 0.1) is 0 Å². The van der Waals surface area contributed by atoms with Gasteiger partial charge in [-0.15, -0.1) is 0 Å². The summed E-state index contributed by atoms with van der Waals surface area (Å²) in [7, 11) is 1.00. The van der Waals surface area contributed by atoms with Crippen LogP contribution in [-0.2, 0) is 85.6 Å². The highest BCUT2D eigenvalue weighted by Gasteiger charge is 2.21. The minimum Gasteiger partial charge on any atom is -0.458 e. The monoisotopic (exact) mass is 1480 g/mol. The molecule has 0 aliphatic carbocycles. The lowest BCUT2D eigenvalue weighted by Gasteiger charge is -2.22. The van der Waals surface area contributed by atoms with Crippen molar-refractivity contribution in [2.24, 2.45) is 0 Å². The van der Waals surface area contributed by atoms with E-state index in [-0.39, 0.29) is 65.1 Å². The molecule has 0 radical (unpaired) electrons. The van der Waals surface area contributed by atoms with Gasteiger partial charge in [-0.2, -0.15) is 0 Å². The first-order valence-corrected chi connectivity index (χ1v) is 40.2. The SMILES string of the molecule is CO.O=C(/C=C/CCCCCCCO)OCC(COC(=O)/C=C/CCCCCCCO)OC(=O)/C=C/CCCCCCCO.O=C(/C=C/CCCCCCCOC1CCCCO1)OCC(COC(=O)/C=C/CCCCCCCOC1CCCCO1)OC(=O)/C=C/CCCCCCCOC1CCCCO1. The number of unbranched alkanes of at least 4 members (excludes halogenated alkanes) is 30. The summed E-state index contributed by atoms with van der Waals surface area (Å²) in [4.78, 5) is 74.2. The van der Waals surface area contributed by atoms with E-state index in [0.717, 1.165) is 316 Å². The van der Waals surface area contributed by atoms with Crippen LogP contribution in [-0.4, -0.2) is 180 Å². The van der Waals surface area contributed by atoms with Crippen molar-refractivity contribution in [2.45, 2.75) is 320 Å². The first kappa shape index (κ1) is 96.9. The Morgan fingerprint density at radius 2 is 0.510 bits per heavy atom. The number of hydrogen-bond acceptors (Lipinski definition) is 22. The van der Waals surface area contributed by atoms with Gasteiger partial charge in [-0.25, -0.2) is 28.8 Å². The summed E-state index contributed by atoms with van der Waals surface area (Å²) >= 11 is 0. The lowest BCUT2D eigenvalue weighted by atomic mass is 10.1. The number of aliphatic hydroxyl groups is 4. The molecule has 3 atom stereocenters. The number of carbonyl (C=O) groups is 6. The second-order valence-electron chi connectivity index (χ2n) is 26.6. The lowest BCUT2D eigenvalue weighted by Crippen LogP contribution is -2.30. The molecule has 22 heteroatoms. The number of rotatable bonds is 64. The van der Waals surface area contributed by atoms with Gasteiger partial charge >= 0.3 is 35.8 Å². The van der Waals surface area contributed by atoms with E-state index >= 15 is 0 Å². The summed E-state index contributed by atoms with van der Waals surface area (Å²) in [5.41, 5.74) is 0. The van der Waals surface area contributed by atoms with E-state index in [1.54, 1.807) is 24.3 Å². The Morgan fingerprint density at radius 1 is 0.298 bits per heavy atom. The molecule has 0 amide bonds. The van der Waals surface area contributed by atoms with Gasteiger partial charge in [0.25, 0.3) is 0 Å². The zero-order valence-electron chi connectivity index (χ0n) is 64.0. The zero-order valence-corrected chi connectivity index (χ0v) is 64.0. The third-order valence-electron chi connectivity index (χ3n) is 17.2. The highest BCUT2D eigenvalue weighted by molar-refractivity contribution is 5.84. The summed E-state index contributed by atoms with van der Waals surface area (Å²) in [5, 5.41) is 33.4. The maximum Gasteiger partial charge on any atom is 0.330 e. The molecule has 0 aromatic rings. The van der Waals surface area contributed by atoms with E-state index in [2.05, 4.69) is 0 Å². The molecule has 3 saturated heterocycles. The molecule has 0 spiro atoms. The highest BCUT2D eigenvalue weighted by atomic mass is 16.7. The Labute approximate surface area is 625 Å². The molecule has 22 nitrogen and oxygen atoms in total. The largest absolute Gasteiger partial charge is 0.458 e. The van der Waals surface area contributed by atoms with Crippen LogP contribution < -0.4 is 0 Å². The minimum atomic E-state index is -0.937. The first-order chi connectivity index (χ1) is 51.1. The lowest BCUT2D eigenvalue weighted by molar-refractivity contribution is -0.163. The molecule has 0 bridgehead atoms. The van der Waals surface area contributed by atoms with Crippen LogP contribution in [0.5, 0.6) is 0 Å². The molecule has 0 aromatic heterocycles. The summed E-state index contributed by atoms with van der Waals surface area (Å²) in [6, 6.07) is 0. The van der Waals surface area contributed by atoms with Crippen molar-refractivity contribution in [2.75, 3.05) is 93.0 Å². The summed E-state index contributed by atoms with van der Waals surface area (Å²) < 4.78 is 66.4. The Balaban J connectivity index is 0.00000108. The molecule has 4 N–H and O–H groups in total. The molecule has 104 heavy (non-hydrogen) atoms. The van der Waals surface area contributed by atoms with E-state index in [1.165, 1.54) is 55.7 Å². The summed E-state index contributed by atoms with van der Waals surface area (Å²) in [6.45, 7) is 4.35. The molecule has 0 saturated carbocycles. The Morgan fingerprint density at radius 3 is 0.731 bits per heavy atom. The van der Waals surface area contributed by atoms with Crippen molar-refractivity contribution >= 4 is 35.8 Å². The molecular weight excluding hydrogens is 1340 g/mol. The van der Waals surface area contributed by atoms with Gasteiger partial charge in [-0.05, 0) is 173 Å². The molecular formula is C82H140O22. The van der Waals surface area contributed by atoms with E-state index in [1.807, 2.05) is 12.2 Å². The van der Waals surface area contributed by atoms with E-state index in [9.17, 15) is 28.8 Å². The summed E-state index contributed by atoms with van der Waals surface area (Å²) in [6.07, 6.45) is 61.6. The maximum atomic E-state index is 12.7. The van der Waals surface area contributed by atoms with Crippen molar-refractivity contribution in [3.8, 4) is 0 Å². The predicted octanol–water partition coefficient (Wildman–Crippen LogP) is 15.6. The molecule has 3 heterocycles. The van der Waals surface area contributed by atoms with Crippen LogP contribution in [0.3, 0.4) is 0 Å². The number of ether oxygens (including phenoxy) is 12. The second-order valence-corrected chi connectivity index (χ2v) is 26.6. The average molecular weight is 1480 g/mol. The second kappa shape index (κ2) is 76.1. The fourth-order valence-electron chi connectivity index (χ4n) is 11.2. The third kappa shape index (κ3) is 66.3. The summed E-state index contributed by atoms with van der Waals surface area (Å²) in [5.74, 6) is -3.33. The topological polar surface area (TPSA) is 294 Å². The number of allylic oxidation sites excluding steroid dienone is 6. The Bertz CT molecular complexity index is 2100. The van der Waals surface area contributed by atoms with Crippen molar-refractivity contribution in [1.29, 1.82) is 0 Å². The molecule has 3 rings (SSSR count). The Hall–Kier alpha value is -5.14. The number of esters is 6.